The Morgan fingerprint density at radius 3 is 0.759 bits per heavy atom. The normalized spacial score (nSPS) is 12.7. The minimum atomic E-state index is -0.796. The summed E-state index contributed by atoms with van der Waals surface area (Å²) in [6.45, 7) is 6.54. The van der Waals surface area contributed by atoms with E-state index in [1.165, 1.54) is 199 Å². The topological polar surface area (TPSA) is 78.9 Å². The molecule has 0 radical (unpaired) electrons. The molecule has 6 heteroatoms. The van der Waals surface area contributed by atoms with Crippen molar-refractivity contribution in [2.75, 3.05) is 13.2 Å². The molecule has 0 aliphatic rings. The van der Waals surface area contributed by atoms with Gasteiger partial charge in [0.1, 0.15) is 13.2 Å². The Labute approximate surface area is 515 Å². The minimum absolute atomic E-state index is 0.0899. The monoisotopic (exact) mass is 1160 g/mol. The Hall–Kier alpha value is -3.67. The van der Waals surface area contributed by atoms with Crippen molar-refractivity contribution in [3.05, 3.63) is 97.2 Å². The fourth-order valence-electron chi connectivity index (χ4n) is 10.2. The van der Waals surface area contributed by atoms with Gasteiger partial charge in [-0.2, -0.15) is 0 Å². The smallest absolute Gasteiger partial charge is 0.306 e. The predicted molar refractivity (Wildman–Crippen MR) is 362 cm³/mol. The van der Waals surface area contributed by atoms with Gasteiger partial charge in [-0.1, -0.05) is 330 Å². The molecule has 0 N–H and O–H groups in total. The molecule has 0 saturated carbocycles. The van der Waals surface area contributed by atoms with Crippen molar-refractivity contribution in [2.45, 2.75) is 361 Å². The standard InChI is InChI=1S/C77H134O6/c1-4-7-10-13-16-19-22-25-28-31-33-35-37-39-41-42-44-46-49-52-55-58-61-64-67-70-76(79)82-73-74(72-81-75(78)69-66-63-60-57-54-51-48-30-27-24-21-18-15-12-9-6-3)83-77(80)71-68-65-62-59-56-53-50-47-45-43-40-38-36-34-32-29-26-23-20-17-14-11-8-5-2/h7,10,16,19,25,28,30,33,35,39,41,44,46,48,52,55,74H,4-6,8-9,11-15,17-18,20-24,26-27,29,31-32,34,36-38,40,42-43,45,47,49-51,53-54,56-73H2,1-3H3/b10-7-,19-16-,28-25-,35-33-,41-39-,46-44-,48-30-,55-52-. The molecule has 0 aromatic heterocycles. The molecular weight excluding hydrogens is 1020 g/mol. The lowest BCUT2D eigenvalue weighted by Crippen LogP contribution is -2.30. The molecule has 1 atom stereocenters. The quantitative estimate of drug-likeness (QED) is 0.0261. The second-order valence-electron chi connectivity index (χ2n) is 23.8. The van der Waals surface area contributed by atoms with Crippen molar-refractivity contribution in [1.29, 1.82) is 0 Å². The first-order valence-electron chi connectivity index (χ1n) is 35.7. The van der Waals surface area contributed by atoms with E-state index in [9.17, 15) is 14.4 Å². The average Bonchev–Trinajstić information content (AvgIpc) is 3.50. The summed E-state index contributed by atoms with van der Waals surface area (Å²) < 4.78 is 17.0. The van der Waals surface area contributed by atoms with Crippen LogP contribution in [0.15, 0.2) is 97.2 Å². The third kappa shape index (κ3) is 69.0. The lowest BCUT2D eigenvalue weighted by atomic mass is 10.0. The molecule has 0 saturated heterocycles. The second kappa shape index (κ2) is 70.8. The summed E-state index contributed by atoms with van der Waals surface area (Å²) in [5, 5.41) is 0. The largest absolute Gasteiger partial charge is 0.462 e. The average molecular weight is 1160 g/mol. The highest BCUT2D eigenvalue weighted by Gasteiger charge is 2.19. The summed E-state index contributed by atoms with van der Waals surface area (Å²) in [5.41, 5.74) is 0. The van der Waals surface area contributed by atoms with Crippen LogP contribution in [0.3, 0.4) is 0 Å². The van der Waals surface area contributed by atoms with Crippen molar-refractivity contribution in [1.82, 2.24) is 0 Å². The second-order valence-corrected chi connectivity index (χ2v) is 23.8. The summed E-state index contributed by atoms with van der Waals surface area (Å²) in [7, 11) is 0. The number of esters is 3. The van der Waals surface area contributed by atoms with Crippen LogP contribution in [0, 0.1) is 0 Å². The van der Waals surface area contributed by atoms with Gasteiger partial charge in [0.25, 0.3) is 0 Å². The molecule has 0 aromatic rings. The maximum Gasteiger partial charge on any atom is 0.306 e. The van der Waals surface area contributed by atoms with Gasteiger partial charge in [0.2, 0.25) is 0 Å². The van der Waals surface area contributed by atoms with Crippen LogP contribution >= 0.6 is 0 Å². The molecular formula is C77H134O6. The van der Waals surface area contributed by atoms with E-state index in [4.69, 9.17) is 14.2 Å². The highest BCUT2D eigenvalue weighted by Crippen LogP contribution is 2.18. The van der Waals surface area contributed by atoms with Gasteiger partial charge in [0.15, 0.2) is 6.10 Å². The van der Waals surface area contributed by atoms with Crippen molar-refractivity contribution in [2.24, 2.45) is 0 Å². The van der Waals surface area contributed by atoms with E-state index in [-0.39, 0.29) is 31.1 Å². The first-order valence-corrected chi connectivity index (χ1v) is 35.7. The van der Waals surface area contributed by atoms with Gasteiger partial charge in [0, 0.05) is 19.3 Å². The zero-order valence-corrected chi connectivity index (χ0v) is 54.9. The molecule has 0 bridgehead atoms. The Bertz CT molecular complexity index is 1610. The number of carbonyl (C=O) groups is 3. The summed E-state index contributed by atoms with van der Waals surface area (Å²) in [6.07, 6.45) is 95.8. The Morgan fingerprint density at radius 2 is 0.470 bits per heavy atom. The van der Waals surface area contributed by atoms with Crippen molar-refractivity contribution >= 4 is 17.9 Å². The molecule has 0 aliphatic carbocycles. The van der Waals surface area contributed by atoms with Crippen molar-refractivity contribution in [3.8, 4) is 0 Å². The van der Waals surface area contributed by atoms with Crippen LogP contribution in [0.4, 0.5) is 0 Å². The van der Waals surface area contributed by atoms with Crippen LogP contribution in [0.5, 0.6) is 0 Å². The number of ether oxygens (including phenoxy) is 3. The Balaban J connectivity index is 4.40. The number of allylic oxidation sites excluding steroid dienone is 16. The zero-order chi connectivity index (χ0) is 59.9. The highest BCUT2D eigenvalue weighted by atomic mass is 16.6. The summed E-state index contributed by atoms with van der Waals surface area (Å²) in [5.74, 6) is -0.913. The number of unbranched alkanes of at least 4 members (excludes halogenated alkanes) is 38. The molecule has 0 amide bonds. The van der Waals surface area contributed by atoms with Gasteiger partial charge in [-0.25, -0.2) is 0 Å². The number of hydrogen-bond acceptors (Lipinski definition) is 6. The molecule has 0 aliphatic heterocycles. The van der Waals surface area contributed by atoms with Crippen LogP contribution in [0.1, 0.15) is 355 Å². The summed E-state index contributed by atoms with van der Waals surface area (Å²) in [4.78, 5) is 38.5. The fourth-order valence-corrected chi connectivity index (χ4v) is 10.2. The number of carbonyl (C=O) groups excluding carboxylic acids is 3. The van der Waals surface area contributed by atoms with E-state index in [1.807, 2.05) is 0 Å². The van der Waals surface area contributed by atoms with Gasteiger partial charge in [-0.05, 0) is 103 Å². The van der Waals surface area contributed by atoms with E-state index < -0.39 is 6.10 Å². The van der Waals surface area contributed by atoms with Crippen LogP contribution in [-0.2, 0) is 28.6 Å². The first kappa shape index (κ1) is 79.3. The van der Waals surface area contributed by atoms with Gasteiger partial charge < -0.3 is 14.2 Å². The van der Waals surface area contributed by atoms with Crippen molar-refractivity contribution in [3.63, 3.8) is 0 Å². The molecule has 0 fully saturated rings. The third-order valence-corrected chi connectivity index (χ3v) is 15.6. The first-order chi connectivity index (χ1) is 41.0. The zero-order valence-electron chi connectivity index (χ0n) is 54.9. The molecule has 0 heterocycles. The maximum atomic E-state index is 13.0. The van der Waals surface area contributed by atoms with Crippen LogP contribution in [-0.4, -0.2) is 37.2 Å². The molecule has 1 unspecified atom stereocenters. The van der Waals surface area contributed by atoms with E-state index in [0.29, 0.717) is 19.3 Å². The molecule has 478 valence electrons. The van der Waals surface area contributed by atoms with Gasteiger partial charge >= 0.3 is 17.9 Å². The molecule has 6 nitrogen and oxygen atoms in total. The van der Waals surface area contributed by atoms with Gasteiger partial charge in [0.05, 0.1) is 0 Å². The number of hydrogen-bond donors (Lipinski definition) is 0. The van der Waals surface area contributed by atoms with E-state index in [1.54, 1.807) is 0 Å². The third-order valence-electron chi connectivity index (χ3n) is 15.6. The lowest BCUT2D eigenvalue weighted by Gasteiger charge is -2.18. The molecule has 0 spiro atoms. The predicted octanol–water partition coefficient (Wildman–Crippen LogP) is 24.8. The fraction of sp³-hybridized carbons (Fsp3) is 0.753. The summed E-state index contributed by atoms with van der Waals surface area (Å²) >= 11 is 0. The lowest BCUT2D eigenvalue weighted by molar-refractivity contribution is -0.167. The van der Waals surface area contributed by atoms with Crippen LogP contribution in [0.25, 0.3) is 0 Å². The summed E-state index contributed by atoms with van der Waals surface area (Å²) in [6, 6.07) is 0. The Morgan fingerprint density at radius 1 is 0.253 bits per heavy atom. The van der Waals surface area contributed by atoms with Gasteiger partial charge in [-0.3, -0.25) is 14.4 Å². The van der Waals surface area contributed by atoms with Crippen LogP contribution in [0.2, 0.25) is 0 Å². The van der Waals surface area contributed by atoms with Crippen LogP contribution < -0.4 is 0 Å². The molecule has 0 rings (SSSR count). The Kier molecular flexibility index (Phi) is 67.7. The minimum Gasteiger partial charge on any atom is -0.462 e. The highest BCUT2D eigenvalue weighted by molar-refractivity contribution is 5.71. The molecule has 0 aromatic carbocycles. The van der Waals surface area contributed by atoms with Crippen molar-refractivity contribution < 1.29 is 28.6 Å². The van der Waals surface area contributed by atoms with E-state index in [2.05, 4.69) is 118 Å². The van der Waals surface area contributed by atoms with E-state index in [0.717, 1.165) is 116 Å². The molecule has 83 heavy (non-hydrogen) atoms. The SMILES string of the molecule is CC/C=C\C/C=C\C/C=C\C/C=C\C/C=C\C/C=C\C/C=C\CCCCCC(=O)OCC(COC(=O)CCCCCCC/C=C\CCCCCCCCC)OC(=O)CCCCCCCCCCCCCCCCCCCCCCCCCC. The maximum absolute atomic E-state index is 13.0. The van der Waals surface area contributed by atoms with E-state index >= 15 is 0 Å². The van der Waals surface area contributed by atoms with Gasteiger partial charge in [-0.15, -0.1) is 0 Å². The number of rotatable bonds is 65.